The van der Waals surface area contributed by atoms with E-state index in [0.717, 1.165) is 55.2 Å². The zero-order valence-electron chi connectivity index (χ0n) is 26.3. The molecule has 0 aliphatic rings. The molecule has 3 amide bonds. The van der Waals surface area contributed by atoms with Gasteiger partial charge in [-0.25, -0.2) is 4.79 Å². The van der Waals surface area contributed by atoms with Crippen LogP contribution < -0.4 is 10.6 Å². The van der Waals surface area contributed by atoms with E-state index in [1.54, 1.807) is 25.7 Å². The van der Waals surface area contributed by atoms with Gasteiger partial charge in [-0.05, 0) is 83.4 Å². The number of alkyl carbamates (subject to hydrolysis) is 1. The van der Waals surface area contributed by atoms with E-state index in [1.165, 1.54) is 0 Å². The number of nitrogens with zero attached hydrogens (tertiary/aromatic N) is 1. The van der Waals surface area contributed by atoms with E-state index < -0.39 is 23.8 Å². The van der Waals surface area contributed by atoms with Gasteiger partial charge in [0.25, 0.3) is 0 Å². The molecule has 7 nitrogen and oxygen atoms in total. The second-order valence-electron chi connectivity index (χ2n) is 12.4. The standard InChI is InChI=1S/C32H55N3O4/c1-11-13-14-15-19-35(30(37)27(20-22(3)4)34-31(38)39-32(8,9)10)28(29(36)33-25(7)16-12-2)26-18-17-23(5)24(6)21-26/h17-18,21-22,25,27-28H,11-16,19-20H2,1-10H3,(H,33,36)(H,34,38). The average Bonchev–Trinajstić information content (AvgIpc) is 2.80. The third-order valence-electron chi connectivity index (χ3n) is 6.75. The van der Waals surface area contributed by atoms with Gasteiger partial charge in [-0.2, -0.15) is 0 Å². The lowest BCUT2D eigenvalue weighted by Crippen LogP contribution is -2.54. The molecule has 1 rings (SSSR count). The van der Waals surface area contributed by atoms with Gasteiger partial charge >= 0.3 is 6.09 Å². The number of carbonyl (C=O) groups excluding carboxylic acids is 3. The average molecular weight is 546 g/mol. The highest BCUT2D eigenvalue weighted by Crippen LogP contribution is 2.27. The molecule has 0 heterocycles. The Hall–Kier alpha value is -2.57. The molecule has 0 aliphatic heterocycles. The number of aryl methyl sites for hydroxylation is 2. The molecule has 3 unspecified atom stereocenters. The molecule has 1 aromatic rings. The van der Waals surface area contributed by atoms with E-state index in [0.29, 0.717) is 13.0 Å². The number of rotatable bonds is 15. The lowest BCUT2D eigenvalue weighted by molar-refractivity contribution is -0.143. The topological polar surface area (TPSA) is 87.7 Å². The van der Waals surface area contributed by atoms with Crippen LogP contribution in [0.3, 0.4) is 0 Å². The lowest BCUT2D eigenvalue weighted by atomic mass is 9.96. The van der Waals surface area contributed by atoms with Crippen LogP contribution >= 0.6 is 0 Å². The van der Waals surface area contributed by atoms with Crippen molar-refractivity contribution in [3.63, 3.8) is 0 Å². The fraction of sp³-hybridized carbons (Fsp3) is 0.719. The van der Waals surface area contributed by atoms with Crippen molar-refractivity contribution in [2.24, 2.45) is 5.92 Å². The third-order valence-corrected chi connectivity index (χ3v) is 6.75. The summed E-state index contributed by atoms with van der Waals surface area (Å²) in [6.45, 7) is 20.1. The highest BCUT2D eigenvalue weighted by molar-refractivity contribution is 5.92. The summed E-state index contributed by atoms with van der Waals surface area (Å²) >= 11 is 0. The van der Waals surface area contributed by atoms with Gasteiger partial charge in [0.2, 0.25) is 11.8 Å². The summed E-state index contributed by atoms with van der Waals surface area (Å²) < 4.78 is 5.49. The van der Waals surface area contributed by atoms with Crippen molar-refractivity contribution in [1.29, 1.82) is 0 Å². The molecule has 2 N–H and O–H groups in total. The second-order valence-corrected chi connectivity index (χ2v) is 12.4. The largest absolute Gasteiger partial charge is 0.444 e. The van der Waals surface area contributed by atoms with Crippen molar-refractivity contribution in [3.05, 3.63) is 34.9 Å². The number of nitrogens with one attached hydrogen (secondary N) is 2. The molecule has 222 valence electrons. The van der Waals surface area contributed by atoms with Gasteiger partial charge < -0.3 is 20.3 Å². The number of carbonyl (C=O) groups is 3. The normalized spacial score (nSPS) is 13.9. The summed E-state index contributed by atoms with van der Waals surface area (Å²) in [5.41, 5.74) is 2.29. The van der Waals surface area contributed by atoms with Crippen LogP contribution in [0, 0.1) is 19.8 Å². The molecule has 7 heteroatoms. The van der Waals surface area contributed by atoms with Gasteiger partial charge in [0, 0.05) is 12.6 Å². The summed E-state index contributed by atoms with van der Waals surface area (Å²) in [5, 5.41) is 5.99. The second kappa shape index (κ2) is 16.5. The first-order chi connectivity index (χ1) is 18.2. The molecule has 0 fully saturated rings. The molecule has 0 aliphatic carbocycles. The Morgan fingerprint density at radius 1 is 0.923 bits per heavy atom. The third kappa shape index (κ3) is 12.4. The number of unbranched alkanes of at least 4 members (excludes halogenated alkanes) is 3. The van der Waals surface area contributed by atoms with E-state index in [-0.39, 0.29) is 23.8 Å². The highest BCUT2D eigenvalue weighted by Gasteiger charge is 2.36. The van der Waals surface area contributed by atoms with Crippen LogP contribution in [0.15, 0.2) is 18.2 Å². The molecule has 3 atom stereocenters. The minimum atomic E-state index is -0.805. The van der Waals surface area contributed by atoms with Crippen LogP contribution in [0.1, 0.15) is 123 Å². The maximum atomic E-state index is 14.3. The van der Waals surface area contributed by atoms with Crippen molar-refractivity contribution in [1.82, 2.24) is 15.5 Å². The van der Waals surface area contributed by atoms with Gasteiger partial charge in [0.1, 0.15) is 17.7 Å². The molecule has 0 bridgehead atoms. The minimum Gasteiger partial charge on any atom is -0.444 e. The van der Waals surface area contributed by atoms with Gasteiger partial charge in [-0.1, -0.05) is 71.6 Å². The maximum Gasteiger partial charge on any atom is 0.408 e. The lowest BCUT2D eigenvalue weighted by Gasteiger charge is -2.35. The van der Waals surface area contributed by atoms with Crippen molar-refractivity contribution in [3.8, 4) is 0 Å². The zero-order valence-corrected chi connectivity index (χ0v) is 26.3. The van der Waals surface area contributed by atoms with Crippen LogP contribution in [0.2, 0.25) is 0 Å². The molecule has 0 spiro atoms. The van der Waals surface area contributed by atoms with Crippen molar-refractivity contribution in [2.75, 3.05) is 6.54 Å². The molecule has 39 heavy (non-hydrogen) atoms. The Morgan fingerprint density at radius 3 is 2.13 bits per heavy atom. The van der Waals surface area contributed by atoms with Crippen molar-refractivity contribution >= 4 is 17.9 Å². The first-order valence-corrected chi connectivity index (χ1v) is 14.9. The summed E-state index contributed by atoms with van der Waals surface area (Å²) in [6.07, 6.45) is 5.48. The van der Waals surface area contributed by atoms with E-state index in [2.05, 4.69) is 24.5 Å². The monoisotopic (exact) mass is 545 g/mol. The SMILES string of the molecule is CCCCCCN(C(=O)C(CC(C)C)NC(=O)OC(C)(C)C)C(C(=O)NC(C)CCC)c1ccc(C)c(C)c1. The van der Waals surface area contributed by atoms with E-state index in [9.17, 15) is 14.4 Å². The van der Waals surface area contributed by atoms with Crippen LogP contribution in [0.4, 0.5) is 4.79 Å². The Bertz CT molecular complexity index is 922. The number of hydrogen-bond donors (Lipinski definition) is 2. The molecule has 0 saturated carbocycles. The quantitative estimate of drug-likeness (QED) is 0.232. The molecule has 0 saturated heterocycles. The van der Waals surface area contributed by atoms with E-state index in [1.807, 2.05) is 52.8 Å². The molecule has 0 radical (unpaired) electrons. The highest BCUT2D eigenvalue weighted by atomic mass is 16.6. The number of amides is 3. The van der Waals surface area contributed by atoms with Gasteiger partial charge in [-0.15, -0.1) is 0 Å². The minimum absolute atomic E-state index is 0.0139. The molecule has 0 aromatic heterocycles. The van der Waals surface area contributed by atoms with Gasteiger partial charge in [0.15, 0.2) is 0 Å². The summed E-state index contributed by atoms with van der Waals surface area (Å²) in [5.74, 6) is -0.300. The smallest absolute Gasteiger partial charge is 0.408 e. The van der Waals surface area contributed by atoms with Crippen molar-refractivity contribution < 1.29 is 19.1 Å². The van der Waals surface area contributed by atoms with Crippen LogP contribution in [0.25, 0.3) is 0 Å². The van der Waals surface area contributed by atoms with Crippen LogP contribution in [0.5, 0.6) is 0 Å². The summed E-state index contributed by atoms with van der Waals surface area (Å²) in [7, 11) is 0. The molecular weight excluding hydrogens is 490 g/mol. The predicted octanol–water partition coefficient (Wildman–Crippen LogP) is 7.00. The van der Waals surface area contributed by atoms with Gasteiger partial charge in [-0.3, -0.25) is 9.59 Å². The first kappa shape index (κ1) is 34.5. The number of benzene rings is 1. The van der Waals surface area contributed by atoms with Gasteiger partial charge in [0.05, 0.1) is 0 Å². The Labute approximate surface area is 237 Å². The fourth-order valence-electron chi connectivity index (χ4n) is 4.65. The van der Waals surface area contributed by atoms with Crippen molar-refractivity contribution in [2.45, 2.75) is 138 Å². The first-order valence-electron chi connectivity index (χ1n) is 14.9. The van der Waals surface area contributed by atoms with E-state index in [4.69, 9.17) is 4.74 Å². The Morgan fingerprint density at radius 2 is 1.59 bits per heavy atom. The molecule has 1 aromatic carbocycles. The summed E-state index contributed by atoms with van der Waals surface area (Å²) in [4.78, 5) is 42.7. The predicted molar refractivity (Wildman–Crippen MR) is 160 cm³/mol. The Balaban J connectivity index is 3.55. The van der Waals surface area contributed by atoms with E-state index >= 15 is 0 Å². The Kier molecular flexibility index (Phi) is 14.6. The number of ether oxygens (including phenoxy) is 1. The van der Waals surface area contributed by atoms with Crippen LogP contribution in [-0.2, 0) is 14.3 Å². The fourth-order valence-corrected chi connectivity index (χ4v) is 4.65. The number of hydrogen-bond acceptors (Lipinski definition) is 4. The summed E-state index contributed by atoms with van der Waals surface area (Å²) in [6, 6.07) is 4.34. The molecular formula is C32H55N3O4. The maximum absolute atomic E-state index is 14.3. The zero-order chi connectivity index (χ0) is 29.8. The van der Waals surface area contributed by atoms with Crippen LogP contribution in [-0.4, -0.2) is 47.0 Å².